The Morgan fingerprint density at radius 2 is 1.90 bits per heavy atom. The van der Waals surface area contributed by atoms with Crippen LogP contribution in [0.1, 0.15) is 18.9 Å². The summed E-state index contributed by atoms with van der Waals surface area (Å²) in [4.78, 5) is 5.07. The Balaban J connectivity index is 1.65. The lowest BCUT2D eigenvalue weighted by atomic mass is 10.1. The zero-order valence-electron chi connectivity index (χ0n) is 13.0. The minimum Gasteiger partial charge on any atom is -0.314 e. The molecule has 20 heavy (non-hydrogen) atoms. The van der Waals surface area contributed by atoms with Crippen LogP contribution in [0.2, 0.25) is 0 Å². The highest BCUT2D eigenvalue weighted by Gasteiger charge is 2.13. The van der Waals surface area contributed by atoms with E-state index in [4.69, 9.17) is 0 Å². The predicted molar refractivity (Wildman–Crippen MR) is 86.2 cm³/mol. The lowest BCUT2D eigenvalue weighted by molar-refractivity contribution is 0.178. The maximum absolute atomic E-state index is 3.41. The van der Waals surface area contributed by atoms with Crippen molar-refractivity contribution in [3.63, 3.8) is 0 Å². The van der Waals surface area contributed by atoms with Gasteiger partial charge in [-0.25, -0.2) is 0 Å². The molecule has 1 aromatic rings. The molecule has 0 aliphatic carbocycles. The summed E-state index contributed by atoms with van der Waals surface area (Å²) in [6.07, 6.45) is 2.42. The zero-order chi connectivity index (χ0) is 14.2. The van der Waals surface area contributed by atoms with Crippen molar-refractivity contribution in [2.75, 3.05) is 46.3 Å². The van der Waals surface area contributed by atoms with Gasteiger partial charge in [-0.2, -0.15) is 0 Å². The lowest BCUT2D eigenvalue weighted by Gasteiger charge is -2.31. The Bertz CT molecular complexity index is 360. The molecule has 2 rings (SSSR count). The molecule has 0 saturated carbocycles. The van der Waals surface area contributed by atoms with E-state index in [1.807, 2.05) is 0 Å². The molecule has 0 bridgehead atoms. The van der Waals surface area contributed by atoms with Crippen LogP contribution >= 0.6 is 0 Å². The summed E-state index contributed by atoms with van der Waals surface area (Å²) in [5.41, 5.74) is 1.45. The topological polar surface area (TPSA) is 18.5 Å². The molecular weight excluding hydrogens is 246 g/mol. The summed E-state index contributed by atoms with van der Waals surface area (Å²) in [7, 11) is 2.26. The summed E-state index contributed by atoms with van der Waals surface area (Å²) >= 11 is 0. The van der Waals surface area contributed by atoms with Crippen LogP contribution in [0.25, 0.3) is 0 Å². The number of nitrogens with zero attached hydrogens (tertiary/aromatic N) is 2. The molecule has 0 spiro atoms. The predicted octanol–water partition coefficient (Wildman–Crippen LogP) is 1.84. The molecule has 1 unspecified atom stereocenters. The number of hydrogen-bond donors (Lipinski definition) is 1. The fourth-order valence-corrected chi connectivity index (χ4v) is 2.69. The minimum atomic E-state index is 0.651. The standard InChI is InChI=1S/C17H29N3/c1-16(8-9-17-6-4-3-5-7-17)19(2)14-15-20-12-10-18-11-13-20/h3-7,16,18H,8-15H2,1-2H3. The molecule has 1 fully saturated rings. The monoisotopic (exact) mass is 275 g/mol. The van der Waals surface area contributed by atoms with Crippen LogP contribution < -0.4 is 5.32 Å². The number of aryl methyl sites for hydroxylation is 1. The van der Waals surface area contributed by atoms with Crippen molar-refractivity contribution in [3.8, 4) is 0 Å². The van der Waals surface area contributed by atoms with E-state index in [1.165, 1.54) is 44.6 Å². The Morgan fingerprint density at radius 1 is 1.20 bits per heavy atom. The second kappa shape index (κ2) is 8.40. The third-order valence-corrected chi connectivity index (χ3v) is 4.42. The van der Waals surface area contributed by atoms with Gasteiger partial charge in [0, 0.05) is 45.3 Å². The fourth-order valence-electron chi connectivity index (χ4n) is 2.69. The Labute approximate surface area is 124 Å². The molecule has 1 heterocycles. The van der Waals surface area contributed by atoms with Gasteiger partial charge in [-0.3, -0.25) is 4.90 Å². The number of benzene rings is 1. The zero-order valence-corrected chi connectivity index (χ0v) is 13.0. The van der Waals surface area contributed by atoms with Crippen LogP contribution in [0.3, 0.4) is 0 Å². The van der Waals surface area contributed by atoms with E-state index in [0.717, 1.165) is 13.1 Å². The highest BCUT2D eigenvalue weighted by molar-refractivity contribution is 5.14. The Hall–Kier alpha value is -0.900. The third-order valence-electron chi connectivity index (χ3n) is 4.42. The molecule has 1 N–H and O–H groups in total. The highest BCUT2D eigenvalue weighted by Crippen LogP contribution is 2.08. The van der Waals surface area contributed by atoms with E-state index in [1.54, 1.807) is 0 Å². The van der Waals surface area contributed by atoms with Gasteiger partial charge in [-0.05, 0) is 32.4 Å². The first kappa shape index (κ1) is 15.5. The molecule has 1 saturated heterocycles. The van der Waals surface area contributed by atoms with Crippen molar-refractivity contribution < 1.29 is 0 Å². The Morgan fingerprint density at radius 3 is 2.60 bits per heavy atom. The average Bonchev–Trinajstić information content (AvgIpc) is 2.52. The smallest absolute Gasteiger partial charge is 0.0110 e. The number of nitrogens with one attached hydrogen (secondary N) is 1. The van der Waals surface area contributed by atoms with Gasteiger partial charge in [0.25, 0.3) is 0 Å². The molecule has 0 radical (unpaired) electrons. The highest BCUT2D eigenvalue weighted by atomic mass is 15.2. The quantitative estimate of drug-likeness (QED) is 0.819. The van der Waals surface area contributed by atoms with Crippen molar-refractivity contribution in [2.24, 2.45) is 0 Å². The number of hydrogen-bond acceptors (Lipinski definition) is 3. The Kier molecular flexibility index (Phi) is 6.51. The number of rotatable bonds is 7. The van der Waals surface area contributed by atoms with Crippen molar-refractivity contribution in [1.82, 2.24) is 15.1 Å². The van der Waals surface area contributed by atoms with Gasteiger partial charge in [-0.1, -0.05) is 30.3 Å². The van der Waals surface area contributed by atoms with Crippen LogP contribution in [0, 0.1) is 0 Å². The summed E-state index contributed by atoms with van der Waals surface area (Å²) in [5.74, 6) is 0. The van der Waals surface area contributed by atoms with Gasteiger partial charge >= 0.3 is 0 Å². The van der Waals surface area contributed by atoms with Crippen molar-refractivity contribution in [1.29, 1.82) is 0 Å². The second-order valence-corrected chi connectivity index (χ2v) is 5.95. The molecule has 3 heteroatoms. The number of piperazine rings is 1. The molecule has 0 aromatic heterocycles. The van der Waals surface area contributed by atoms with Gasteiger partial charge in [-0.15, -0.1) is 0 Å². The molecule has 1 aromatic carbocycles. The largest absolute Gasteiger partial charge is 0.314 e. The van der Waals surface area contributed by atoms with Gasteiger partial charge in [0.05, 0.1) is 0 Å². The summed E-state index contributed by atoms with van der Waals surface area (Å²) in [6, 6.07) is 11.5. The minimum absolute atomic E-state index is 0.651. The summed E-state index contributed by atoms with van der Waals surface area (Å²) in [6.45, 7) is 9.42. The summed E-state index contributed by atoms with van der Waals surface area (Å²) < 4.78 is 0. The van der Waals surface area contributed by atoms with E-state index in [-0.39, 0.29) is 0 Å². The number of likely N-dealkylation sites (N-methyl/N-ethyl adjacent to an activating group) is 1. The molecule has 0 amide bonds. The molecule has 3 nitrogen and oxygen atoms in total. The average molecular weight is 275 g/mol. The third kappa shape index (κ3) is 5.23. The molecular formula is C17H29N3. The van der Waals surface area contributed by atoms with Crippen LogP contribution in [-0.2, 0) is 6.42 Å². The van der Waals surface area contributed by atoms with E-state index in [2.05, 4.69) is 59.4 Å². The lowest BCUT2D eigenvalue weighted by Crippen LogP contribution is -2.46. The molecule has 112 valence electrons. The normalized spacial score (nSPS) is 18.4. The summed E-state index contributed by atoms with van der Waals surface area (Å²) in [5, 5.41) is 3.41. The second-order valence-electron chi connectivity index (χ2n) is 5.95. The first-order valence-corrected chi connectivity index (χ1v) is 7.93. The van der Waals surface area contributed by atoms with E-state index in [9.17, 15) is 0 Å². The van der Waals surface area contributed by atoms with Crippen molar-refractivity contribution >= 4 is 0 Å². The van der Waals surface area contributed by atoms with Gasteiger partial charge < -0.3 is 10.2 Å². The van der Waals surface area contributed by atoms with E-state index >= 15 is 0 Å². The van der Waals surface area contributed by atoms with E-state index < -0.39 is 0 Å². The van der Waals surface area contributed by atoms with Crippen LogP contribution in [0.15, 0.2) is 30.3 Å². The molecule has 1 atom stereocenters. The first-order chi connectivity index (χ1) is 9.75. The van der Waals surface area contributed by atoms with Gasteiger partial charge in [0.2, 0.25) is 0 Å². The van der Waals surface area contributed by atoms with Crippen LogP contribution in [0.5, 0.6) is 0 Å². The maximum atomic E-state index is 3.41. The van der Waals surface area contributed by atoms with E-state index in [0.29, 0.717) is 6.04 Å². The van der Waals surface area contributed by atoms with Gasteiger partial charge in [0.1, 0.15) is 0 Å². The molecule has 1 aliphatic heterocycles. The van der Waals surface area contributed by atoms with Crippen LogP contribution in [0.4, 0.5) is 0 Å². The first-order valence-electron chi connectivity index (χ1n) is 7.93. The SMILES string of the molecule is CC(CCc1ccccc1)N(C)CCN1CCNCC1. The fraction of sp³-hybridized carbons (Fsp3) is 0.647. The van der Waals surface area contributed by atoms with Gasteiger partial charge in [0.15, 0.2) is 0 Å². The van der Waals surface area contributed by atoms with Crippen molar-refractivity contribution in [2.45, 2.75) is 25.8 Å². The maximum Gasteiger partial charge on any atom is 0.0110 e. The van der Waals surface area contributed by atoms with Crippen molar-refractivity contribution in [3.05, 3.63) is 35.9 Å². The van der Waals surface area contributed by atoms with Crippen LogP contribution in [-0.4, -0.2) is 62.2 Å². The molecule has 1 aliphatic rings.